The van der Waals surface area contributed by atoms with Gasteiger partial charge in [0.1, 0.15) is 30.5 Å². The normalized spacial score (nSPS) is 19.2. The highest BCUT2D eigenvalue weighted by atomic mass is 31.2. The van der Waals surface area contributed by atoms with Gasteiger partial charge in [-0.05, 0) is 56.0 Å². The van der Waals surface area contributed by atoms with E-state index in [1.165, 1.54) is 34.9 Å². The van der Waals surface area contributed by atoms with Crippen LogP contribution in [0.15, 0.2) is 0 Å². The van der Waals surface area contributed by atoms with Gasteiger partial charge in [0.15, 0.2) is 0 Å². The summed E-state index contributed by atoms with van der Waals surface area (Å²) < 4.78 is 247. The van der Waals surface area contributed by atoms with E-state index < -0.39 is 223 Å². The lowest BCUT2D eigenvalue weighted by atomic mass is 10.4. The number of hydrogen-bond donors (Lipinski definition) is 11. The first-order valence-corrected chi connectivity index (χ1v) is 47.7. The zero-order valence-electron chi connectivity index (χ0n) is 59.4. The Kier molecular flexibility index (Phi) is 73.4. The summed E-state index contributed by atoms with van der Waals surface area (Å²) in [5, 5.41) is 21.6. The number of rotatable bonds is 69. The molecular formula is C41H100N5O54P12-11. The van der Waals surface area contributed by atoms with Gasteiger partial charge in [-0.15, -0.1) is 0 Å². The maximum atomic E-state index is 12.1. The summed E-state index contributed by atoms with van der Waals surface area (Å²) in [4.78, 5) is 168. The van der Waals surface area contributed by atoms with Crippen molar-refractivity contribution in [3.63, 3.8) is 0 Å². The highest BCUT2D eigenvalue weighted by Crippen LogP contribution is 2.47. The second-order valence-electron chi connectivity index (χ2n) is 18.7. The monoisotopic (exact) mass is 1900 g/mol. The summed E-state index contributed by atoms with van der Waals surface area (Å²) in [6.45, 7) is -9.43. The van der Waals surface area contributed by atoms with Crippen LogP contribution in [-0.4, -0.2) is 268 Å². The average Bonchev–Trinajstić information content (AvgIpc) is 0.866. The first-order chi connectivity index (χ1) is 50.6. The molecule has 0 spiro atoms. The average molecular weight is 1900 g/mol. The Morgan fingerprint density at radius 2 is 0.438 bits per heavy atom. The van der Waals surface area contributed by atoms with Gasteiger partial charge < -0.3 is 193 Å². The Hall–Kier alpha value is 0.880. The van der Waals surface area contributed by atoms with Crippen molar-refractivity contribution in [3.8, 4) is 0 Å². The molecule has 16 atom stereocenters. The molecule has 0 aromatic heterocycles. The second kappa shape index (κ2) is 66.4. The minimum Gasteiger partial charge on any atom is -0.756 e. The minimum atomic E-state index is -5.25. The Morgan fingerprint density at radius 3 is 0.634 bits per heavy atom. The van der Waals surface area contributed by atoms with E-state index in [4.69, 9.17) is 53.3 Å². The van der Waals surface area contributed by atoms with Gasteiger partial charge in [0.2, 0.25) is 0 Å². The van der Waals surface area contributed by atoms with Gasteiger partial charge >= 0.3 is 7.82 Å². The smallest absolute Gasteiger partial charge is 0.470 e. The third-order valence-electron chi connectivity index (χ3n) is 9.23. The number of nitrogens with one attached hydrogen (secondary N) is 5. The Balaban J connectivity index is -0.000000425. The fourth-order valence-electron chi connectivity index (χ4n) is 5.61. The topological polar surface area (TPSA) is 871 Å². The van der Waals surface area contributed by atoms with E-state index in [0.717, 1.165) is 0 Å². The maximum Gasteiger partial charge on any atom is 0.470 e. The van der Waals surface area contributed by atoms with Crippen LogP contribution in [0.25, 0.3) is 0 Å². The third-order valence-corrected chi connectivity index (χ3v) is 19.6. The Bertz CT molecular complexity index is 2910. The van der Waals surface area contributed by atoms with Crippen LogP contribution in [0.3, 0.4) is 0 Å². The molecule has 59 nitrogen and oxygen atoms in total. The third kappa shape index (κ3) is 85.8. The molecule has 0 heterocycles. The van der Waals surface area contributed by atoms with E-state index >= 15 is 0 Å². The number of aliphatic hydroxyl groups is 1. The lowest BCUT2D eigenvalue weighted by Crippen LogP contribution is -2.30. The number of phosphoric acid groups is 12. The lowest BCUT2D eigenvalue weighted by Gasteiger charge is -2.30. The largest absolute Gasteiger partial charge is 0.756 e. The van der Waals surface area contributed by atoms with Crippen molar-refractivity contribution in [2.75, 3.05) is 208 Å². The Morgan fingerprint density at radius 1 is 0.259 bits per heavy atom. The molecule has 0 aromatic rings. The van der Waals surface area contributed by atoms with Crippen LogP contribution >= 0.6 is 93.9 Å². The zero-order valence-corrected chi connectivity index (χ0v) is 70.2. The molecule has 0 bridgehead atoms. The highest BCUT2D eigenvalue weighted by Gasteiger charge is 2.27. The standard InChI is InChI=1S/C20H51N2O30P7.2C7H19NO9P2.C5H14NO6P.2CH4/c1-4-40-54(26,27)49-16-20(14-39-18-22-3)52-59(36,37)48-12-11-46-57(32,33)44-8-7-42-55(28,29)41-5-6-43-56(30,31)45-9-10-47-58(34,35)50-15-19(13-38-17-21-2)51-53(23,24)25;2*1-3-15-19(12,13)16-5-7(4-14-6-8-2)17-18(9,10)11;1-6-4-11-3-5(2-7)12-13(8,9)10;;/h19-22H,4-18H2,1-3H3,(H,26,27)(H,28,29)(H,30,31)(H,32,33)(H,34,35)(H,36,37)(H2,23,24,25);2*7-8H,3-6H2,1-2H3,(H,12,13)(H2,9,10,11);5-7H,2-4H2,1H3,(H2,8,9,10);2*1H4/p-11. The molecule has 684 valence electrons. The van der Waals surface area contributed by atoms with Gasteiger partial charge in [0.05, 0.1) is 172 Å². The van der Waals surface area contributed by atoms with Crippen LogP contribution in [0, 0.1) is 0 Å². The van der Waals surface area contributed by atoms with Crippen LogP contribution in [0.5, 0.6) is 0 Å². The van der Waals surface area contributed by atoms with E-state index in [-0.39, 0.29) is 88.1 Å². The molecule has 71 heteroatoms. The Labute approximate surface area is 644 Å². The molecule has 0 radical (unpaired) electrons. The van der Waals surface area contributed by atoms with Gasteiger partial charge in [0.25, 0.3) is 86.0 Å². The number of ether oxygens (including phenoxy) is 5. The lowest BCUT2D eigenvalue weighted by molar-refractivity contribution is -0.242. The molecule has 112 heavy (non-hydrogen) atoms. The fourth-order valence-corrected chi connectivity index (χ4v) is 13.4. The SMILES string of the molecule is C.C.CCOP(=O)([O-])OCC(COCNC)OP(=O)([O-])O.CCOP(=O)([O-])OCC(COCNC)OP(=O)([O-])O.CCOP(=O)([O-])OCC(COCNC)OP(=O)([O-])OCCOP(=O)([O-])OCCOP(=O)([O-])OCCOP(=O)([O-])OCCOP(=O)([O-])OCC(COCNC)OP(=O)(O)O.CNCOCC(CO)OP(=O)([O-])O. The molecule has 0 aliphatic rings. The van der Waals surface area contributed by atoms with Crippen molar-refractivity contribution >= 4 is 93.9 Å². The molecule has 11 N–H and O–H groups in total. The van der Waals surface area contributed by atoms with Gasteiger partial charge in [-0.1, -0.05) is 14.9 Å². The van der Waals surface area contributed by atoms with Gasteiger partial charge in [-0.3, -0.25) is 81.3 Å². The molecular weight excluding hydrogens is 1800 g/mol. The van der Waals surface area contributed by atoms with Crippen LogP contribution < -0.4 is 80.4 Å². The molecule has 0 aromatic carbocycles. The van der Waals surface area contributed by atoms with Crippen molar-refractivity contribution in [2.24, 2.45) is 0 Å². The molecule has 0 saturated heterocycles. The number of hydrogen-bond acceptors (Lipinski definition) is 54. The van der Waals surface area contributed by atoms with Crippen molar-refractivity contribution in [1.82, 2.24) is 26.6 Å². The zero-order chi connectivity index (χ0) is 85.5. The summed E-state index contributed by atoms with van der Waals surface area (Å²) in [5.41, 5.74) is 0. The van der Waals surface area contributed by atoms with Gasteiger partial charge in [-0.25, -0.2) is 4.57 Å². The first kappa shape index (κ1) is 124. The predicted molar refractivity (Wildman–Crippen MR) is 353 cm³/mol. The first-order valence-electron chi connectivity index (χ1n) is 30.0. The summed E-state index contributed by atoms with van der Waals surface area (Å²) in [6.07, 6.45) is -6.82. The van der Waals surface area contributed by atoms with Crippen LogP contribution in [-0.2, 0) is 169 Å². The summed E-state index contributed by atoms with van der Waals surface area (Å²) in [6, 6.07) is 0. The molecule has 0 fully saturated rings. The molecule has 0 aliphatic heterocycles. The van der Waals surface area contributed by atoms with Crippen LogP contribution in [0.4, 0.5) is 0 Å². The quantitative estimate of drug-likeness (QED) is 0.0153. The second-order valence-corrected chi connectivity index (χ2v) is 34.6. The van der Waals surface area contributed by atoms with Crippen molar-refractivity contribution in [3.05, 3.63) is 0 Å². The minimum absolute atomic E-state index is 0. The molecule has 0 rings (SSSR count). The van der Waals surface area contributed by atoms with E-state index in [0.29, 0.717) is 0 Å². The summed E-state index contributed by atoms with van der Waals surface area (Å²) in [5.74, 6) is 0. The van der Waals surface area contributed by atoms with Gasteiger partial charge in [0, 0.05) is 0 Å². The highest BCUT2D eigenvalue weighted by molar-refractivity contribution is 7.48. The van der Waals surface area contributed by atoms with E-state index in [9.17, 15) is 109 Å². The van der Waals surface area contributed by atoms with E-state index in [1.54, 1.807) is 21.1 Å². The molecule has 0 aliphatic carbocycles. The molecule has 16 unspecified atom stereocenters. The number of phosphoric ester groups is 12. The van der Waals surface area contributed by atoms with E-state index in [1.807, 2.05) is 0 Å². The maximum absolute atomic E-state index is 12.1. The summed E-state index contributed by atoms with van der Waals surface area (Å²) >= 11 is 0. The van der Waals surface area contributed by atoms with Crippen molar-refractivity contribution in [2.45, 2.75) is 66.1 Å². The number of aliphatic hydroxyl groups excluding tert-OH is 1. The van der Waals surface area contributed by atoms with Gasteiger partial charge in [-0.2, -0.15) is 0 Å². The van der Waals surface area contributed by atoms with Crippen LogP contribution in [0.1, 0.15) is 35.6 Å². The molecule has 0 amide bonds. The van der Waals surface area contributed by atoms with Crippen molar-refractivity contribution < 1.29 is 252 Å². The van der Waals surface area contributed by atoms with Crippen LogP contribution in [0.2, 0.25) is 0 Å². The fraction of sp³-hybridized carbons (Fsp3) is 1.00. The van der Waals surface area contributed by atoms with Crippen molar-refractivity contribution in [1.29, 1.82) is 0 Å². The summed E-state index contributed by atoms with van der Waals surface area (Å²) in [7, 11) is -52.1. The van der Waals surface area contributed by atoms with E-state index in [2.05, 4.69) is 117 Å². The molecule has 0 saturated carbocycles. The predicted octanol–water partition coefficient (Wildman–Crippen LogP) is -7.37.